The van der Waals surface area contributed by atoms with Gasteiger partial charge >= 0.3 is 0 Å². The number of hydrogen-bond donors (Lipinski definition) is 2. The molecule has 23 heavy (non-hydrogen) atoms. The maximum absolute atomic E-state index is 5.56. The van der Waals surface area contributed by atoms with Crippen LogP contribution in [0.2, 0.25) is 0 Å². The summed E-state index contributed by atoms with van der Waals surface area (Å²) in [6, 6.07) is 10.2. The fraction of sp³-hybridized carbons (Fsp3) is 0.250. The number of hydrogen-bond acceptors (Lipinski definition) is 5. The Morgan fingerprint density at radius 1 is 0.870 bits per heavy atom. The highest BCUT2D eigenvalue weighted by molar-refractivity contribution is 6.08. The van der Waals surface area contributed by atoms with E-state index in [0.29, 0.717) is 0 Å². The Bertz CT molecular complexity index is 726. The van der Waals surface area contributed by atoms with Gasteiger partial charge in [-0.2, -0.15) is 0 Å². The minimum Gasteiger partial charge on any atom is -0.464 e. The zero-order chi connectivity index (χ0) is 14.1. The quantitative estimate of drug-likeness (QED) is 0.891. The minimum atomic E-state index is 0. The van der Waals surface area contributed by atoms with E-state index >= 15 is 0 Å². The third-order valence-corrected chi connectivity index (χ3v) is 3.68. The monoisotopic (exact) mass is 352 g/mol. The van der Waals surface area contributed by atoms with Gasteiger partial charge < -0.3 is 15.1 Å². The average Bonchev–Trinajstić information content (AvgIpc) is 3.28. The topological polar surface area (TPSA) is 61.9 Å². The molecule has 2 N–H and O–H groups in total. The molecule has 1 aromatic carbocycles. The Morgan fingerprint density at radius 3 is 2.22 bits per heavy atom. The van der Waals surface area contributed by atoms with E-state index in [4.69, 9.17) is 4.42 Å². The zero-order valence-electron chi connectivity index (χ0n) is 12.4. The molecule has 7 heteroatoms. The molecule has 1 aromatic heterocycles. The molecule has 0 unspecified atom stereocenters. The molecule has 0 saturated carbocycles. The summed E-state index contributed by atoms with van der Waals surface area (Å²) in [6.45, 7) is 3.44. The number of amidine groups is 2. The van der Waals surface area contributed by atoms with Crippen LogP contribution in [0.1, 0.15) is 11.1 Å². The molecule has 0 spiro atoms. The standard InChI is InChI=1S/C16H16N4O.2ClH/c1-2-14(21-9-1)12-4-3-11(15-17-5-6-18-15)10-13(12)16-19-7-8-20-16;;/h1-4,9-10H,5-8H2,(H,17,18)(H,19,20);2*1H. The van der Waals surface area contributed by atoms with Crippen LogP contribution in [0.25, 0.3) is 11.3 Å². The van der Waals surface area contributed by atoms with Crippen molar-refractivity contribution in [2.75, 3.05) is 26.2 Å². The summed E-state index contributed by atoms with van der Waals surface area (Å²) >= 11 is 0. The summed E-state index contributed by atoms with van der Waals surface area (Å²) in [6.07, 6.45) is 1.69. The molecule has 2 aromatic rings. The lowest BCUT2D eigenvalue weighted by Gasteiger charge is -2.11. The van der Waals surface area contributed by atoms with E-state index in [1.807, 2.05) is 12.1 Å². The predicted molar refractivity (Wildman–Crippen MR) is 97.5 cm³/mol. The molecule has 2 aliphatic heterocycles. The lowest BCUT2D eigenvalue weighted by molar-refractivity contribution is 0.582. The molecule has 4 rings (SSSR count). The lowest BCUT2D eigenvalue weighted by Crippen LogP contribution is -2.23. The van der Waals surface area contributed by atoms with Crippen molar-refractivity contribution < 1.29 is 4.42 Å². The normalized spacial score (nSPS) is 15.7. The van der Waals surface area contributed by atoms with Gasteiger partial charge in [0.25, 0.3) is 0 Å². The zero-order valence-corrected chi connectivity index (χ0v) is 14.0. The molecular formula is C16H18Cl2N4O. The number of benzene rings is 1. The minimum absolute atomic E-state index is 0. The Kier molecular flexibility index (Phi) is 5.69. The molecule has 122 valence electrons. The molecule has 0 radical (unpaired) electrons. The van der Waals surface area contributed by atoms with E-state index in [2.05, 4.69) is 38.8 Å². The van der Waals surface area contributed by atoms with E-state index in [1.54, 1.807) is 6.26 Å². The second-order valence-electron chi connectivity index (χ2n) is 5.05. The summed E-state index contributed by atoms with van der Waals surface area (Å²) < 4.78 is 5.56. The van der Waals surface area contributed by atoms with Gasteiger partial charge in [0.1, 0.15) is 17.4 Å². The van der Waals surface area contributed by atoms with Gasteiger partial charge in [0.05, 0.1) is 19.4 Å². The van der Waals surface area contributed by atoms with Crippen molar-refractivity contribution in [3.63, 3.8) is 0 Å². The predicted octanol–water partition coefficient (Wildman–Crippen LogP) is 2.49. The Balaban J connectivity index is 0.000000960. The number of furan rings is 1. The van der Waals surface area contributed by atoms with Gasteiger partial charge in [-0.25, -0.2) is 0 Å². The Morgan fingerprint density at radius 2 is 1.61 bits per heavy atom. The fourth-order valence-electron chi connectivity index (χ4n) is 2.70. The van der Waals surface area contributed by atoms with Crippen LogP contribution in [-0.4, -0.2) is 37.9 Å². The molecule has 0 fully saturated rings. The van der Waals surface area contributed by atoms with Crippen LogP contribution in [0.15, 0.2) is 51.0 Å². The first-order valence-corrected chi connectivity index (χ1v) is 7.17. The molecule has 0 aliphatic carbocycles. The molecular weight excluding hydrogens is 335 g/mol. The van der Waals surface area contributed by atoms with Crippen LogP contribution < -0.4 is 10.6 Å². The fourth-order valence-corrected chi connectivity index (χ4v) is 2.70. The molecule has 5 nitrogen and oxygen atoms in total. The first-order chi connectivity index (χ1) is 10.4. The third kappa shape index (κ3) is 3.35. The lowest BCUT2D eigenvalue weighted by atomic mass is 10.0. The third-order valence-electron chi connectivity index (χ3n) is 3.68. The molecule has 0 atom stereocenters. The molecule has 0 amide bonds. The van der Waals surface area contributed by atoms with Gasteiger partial charge in [-0.3, -0.25) is 9.98 Å². The Hall–Kier alpha value is -1.98. The first-order valence-electron chi connectivity index (χ1n) is 7.17. The van der Waals surface area contributed by atoms with Gasteiger partial charge in [-0.15, -0.1) is 24.8 Å². The molecule has 0 saturated heterocycles. The molecule has 3 heterocycles. The maximum Gasteiger partial charge on any atom is 0.134 e. The van der Waals surface area contributed by atoms with E-state index in [-0.39, 0.29) is 24.8 Å². The number of nitrogens with zero attached hydrogens (tertiary/aromatic N) is 2. The molecule has 2 aliphatic rings. The van der Waals surface area contributed by atoms with Gasteiger partial charge in [0.15, 0.2) is 0 Å². The highest BCUT2D eigenvalue weighted by atomic mass is 35.5. The van der Waals surface area contributed by atoms with Gasteiger partial charge in [0.2, 0.25) is 0 Å². The number of rotatable bonds is 3. The second-order valence-corrected chi connectivity index (χ2v) is 5.05. The van der Waals surface area contributed by atoms with Crippen molar-refractivity contribution in [1.29, 1.82) is 0 Å². The number of halogens is 2. The van der Waals surface area contributed by atoms with Crippen LogP contribution in [0, 0.1) is 0 Å². The first kappa shape index (κ1) is 17.4. The van der Waals surface area contributed by atoms with Crippen LogP contribution >= 0.6 is 24.8 Å². The molecule has 0 bridgehead atoms. The van der Waals surface area contributed by atoms with Crippen LogP contribution in [-0.2, 0) is 0 Å². The highest BCUT2D eigenvalue weighted by Crippen LogP contribution is 2.26. The average molecular weight is 353 g/mol. The largest absolute Gasteiger partial charge is 0.464 e. The summed E-state index contributed by atoms with van der Waals surface area (Å²) in [5.74, 6) is 2.75. The van der Waals surface area contributed by atoms with Crippen molar-refractivity contribution >= 4 is 36.5 Å². The van der Waals surface area contributed by atoms with Crippen molar-refractivity contribution in [3.05, 3.63) is 47.7 Å². The van der Waals surface area contributed by atoms with Crippen LogP contribution in [0.3, 0.4) is 0 Å². The van der Waals surface area contributed by atoms with Gasteiger partial charge in [-0.05, 0) is 24.3 Å². The van der Waals surface area contributed by atoms with Gasteiger partial charge in [-0.1, -0.05) is 6.07 Å². The number of aliphatic imine (C=N–C) groups is 2. The van der Waals surface area contributed by atoms with Crippen molar-refractivity contribution in [2.45, 2.75) is 0 Å². The van der Waals surface area contributed by atoms with Crippen LogP contribution in [0.4, 0.5) is 0 Å². The second kappa shape index (κ2) is 7.53. The summed E-state index contributed by atoms with van der Waals surface area (Å²) in [7, 11) is 0. The maximum atomic E-state index is 5.56. The highest BCUT2D eigenvalue weighted by Gasteiger charge is 2.18. The SMILES string of the molecule is Cl.Cl.c1coc(-c2ccc(C3=NCCN3)cc2C2=NCCN2)c1. The smallest absolute Gasteiger partial charge is 0.134 e. The Labute approximate surface area is 147 Å². The van der Waals surface area contributed by atoms with Crippen molar-refractivity contribution in [1.82, 2.24) is 10.6 Å². The van der Waals surface area contributed by atoms with Crippen LogP contribution in [0.5, 0.6) is 0 Å². The summed E-state index contributed by atoms with van der Waals surface area (Å²) in [5, 5.41) is 6.65. The van der Waals surface area contributed by atoms with Crippen molar-refractivity contribution in [3.8, 4) is 11.3 Å². The van der Waals surface area contributed by atoms with E-state index in [9.17, 15) is 0 Å². The summed E-state index contributed by atoms with van der Waals surface area (Å²) in [4.78, 5) is 9.04. The van der Waals surface area contributed by atoms with Crippen molar-refractivity contribution in [2.24, 2.45) is 9.98 Å². The van der Waals surface area contributed by atoms with E-state index in [1.165, 1.54) is 0 Å². The van der Waals surface area contributed by atoms with E-state index in [0.717, 1.165) is 60.3 Å². The number of nitrogens with one attached hydrogen (secondary N) is 2. The van der Waals surface area contributed by atoms with Gasteiger partial charge in [0, 0.05) is 29.8 Å². The summed E-state index contributed by atoms with van der Waals surface area (Å²) in [5.41, 5.74) is 3.21. The van der Waals surface area contributed by atoms with E-state index < -0.39 is 0 Å².